The monoisotopic (exact) mass is 287 g/mol. The zero-order valence-corrected chi connectivity index (χ0v) is 12.2. The quantitative estimate of drug-likeness (QED) is 0.875. The Morgan fingerprint density at radius 3 is 2.86 bits per heavy atom. The maximum Gasteiger partial charge on any atom is 0.135 e. The minimum atomic E-state index is -0.350. The molecule has 2 aromatic rings. The van der Waals surface area contributed by atoms with Gasteiger partial charge in [0.2, 0.25) is 0 Å². The van der Waals surface area contributed by atoms with Crippen molar-refractivity contribution in [2.75, 3.05) is 6.54 Å². The Balaban J connectivity index is 2.17. The van der Waals surface area contributed by atoms with Gasteiger partial charge in [-0.3, -0.25) is 4.68 Å². The van der Waals surface area contributed by atoms with E-state index in [4.69, 9.17) is 10.5 Å². The molecule has 0 atom stereocenters. The number of nitrogens with two attached hydrogens (primary N) is 1. The summed E-state index contributed by atoms with van der Waals surface area (Å²) in [4.78, 5) is 0. The van der Waals surface area contributed by atoms with Crippen molar-refractivity contribution in [3.05, 3.63) is 47.0 Å². The first-order valence-corrected chi connectivity index (χ1v) is 6.77. The van der Waals surface area contributed by atoms with Crippen molar-refractivity contribution in [2.45, 2.75) is 20.0 Å². The number of benzene rings is 1. The molecule has 0 aliphatic carbocycles. The van der Waals surface area contributed by atoms with Crippen molar-refractivity contribution in [3.63, 3.8) is 0 Å². The Hall–Kier alpha value is -2.32. The highest BCUT2D eigenvalue weighted by molar-refractivity contribution is 5.46. The molecule has 0 unspecified atom stereocenters. The Labute approximate surface area is 123 Å². The molecule has 5 heteroatoms. The van der Waals surface area contributed by atoms with Crippen LogP contribution in [-0.4, -0.2) is 16.3 Å². The van der Waals surface area contributed by atoms with Gasteiger partial charge < -0.3 is 10.5 Å². The summed E-state index contributed by atoms with van der Waals surface area (Å²) in [6.07, 6.45) is 0.873. The molecule has 2 rings (SSSR count). The number of rotatable bonds is 4. The van der Waals surface area contributed by atoms with Crippen molar-refractivity contribution in [2.24, 2.45) is 12.8 Å². The van der Waals surface area contributed by atoms with Gasteiger partial charge in [-0.25, -0.2) is 4.39 Å². The first-order valence-electron chi connectivity index (χ1n) is 6.77. The van der Waals surface area contributed by atoms with E-state index in [0.717, 1.165) is 17.8 Å². The first-order chi connectivity index (χ1) is 10.1. The largest absolute Gasteiger partial charge is 0.486 e. The van der Waals surface area contributed by atoms with Gasteiger partial charge in [0.25, 0.3) is 0 Å². The topological polar surface area (TPSA) is 53.1 Å². The maximum atomic E-state index is 13.3. The zero-order valence-electron chi connectivity index (χ0n) is 12.2. The van der Waals surface area contributed by atoms with Gasteiger partial charge in [0.1, 0.15) is 18.2 Å². The molecule has 0 saturated heterocycles. The molecule has 1 aromatic carbocycles. The number of hydrogen-bond donors (Lipinski definition) is 1. The third-order valence-corrected chi connectivity index (χ3v) is 3.03. The standard InChI is InChI=1S/C16H18FN3O/c1-3-14-10-15(20(2)19-14)11-21-16-7-6-13(17)9-12(16)5-4-8-18/h6-7,9-10H,3,8,11,18H2,1-2H3. The van der Waals surface area contributed by atoms with Crippen LogP contribution < -0.4 is 10.5 Å². The van der Waals surface area contributed by atoms with E-state index in [1.54, 1.807) is 10.7 Å². The van der Waals surface area contributed by atoms with Crippen molar-refractivity contribution >= 4 is 0 Å². The lowest BCUT2D eigenvalue weighted by Gasteiger charge is -2.08. The normalized spacial score (nSPS) is 10.1. The molecular weight excluding hydrogens is 269 g/mol. The summed E-state index contributed by atoms with van der Waals surface area (Å²) >= 11 is 0. The molecular formula is C16H18FN3O. The molecule has 0 bridgehead atoms. The van der Waals surface area contributed by atoms with E-state index < -0.39 is 0 Å². The Kier molecular flexibility index (Phi) is 4.96. The number of aromatic nitrogens is 2. The minimum absolute atomic E-state index is 0.220. The molecule has 2 N–H and O–H groups in total. The number of nitrogens with zero attached hydrogens (tertiary/aromatic N) is 2. The summed E-state index contributed by atoms with van der Waals surface area (Å²) in [5, 5.41) is 4.36. The van der Waals surface area contributed by atoms with Gasteiger partial charge in [0, 0.05) is 7.05 Å². The maximum absolute atomic E-state index is 13.3. The highest BCUT2D eigenvalue weighted by Crippen LogP contribution is 2.20. The molecule has 0 aliphatic heterocycles. The minimum Gasteiger partial charge on any atom is -0.486 e. The summed E-state index contributed by atoms with van der Waals surface area (Å²) in [6.45, 7) is 2.62. The van der Waals surface area contributed by atoms with E-state index >= 15 is 0 Å². The van der Waals surface area contributed by atoms with E-state index in [2.05, 4.69) is 16.9 Å². The molecule has 110 valence electrons. The average molecular weight is 287 g/mol. The first kappa shape index (κ1) is 15.1. The van der Waals surface area contributed by atoms with Crippen LogP contribution in [-0.2, 0) is 20.1 Å². The fourth-order valence-corrected chi connectivity index (χ4v) is 1.90. The summed E-state index contributed by atoms with van der Waals surface area (Å²) in [7, 11) is 1.87. The third-order valence-electron chi connectivity index (χ3n) is 3.03. The predicted molar refractivity (Wildman–Crippen MR) is 79.3 cm³/mol. The molecule has 21 heavy (non-hydrogen) atoms. The lowest BCUT2D eigenvalue weighted by Crippen LogP contribution is -2.04. The van der Waals surface area contributed by atoms with Crippen LogP contribution in [0.1, 0.15) is 23.9 Å². The van der Waals surface area contributed by atoms with Gasteiger partial charge in [-0.15, -0.1) is 0 Å². The van der Waals surface area contributed by atoms with Gasteiger partial charge in [0.05, 0.1) is 23.5 Å². The Morgan fingerprint density at radius 2 is 2.19 bits per heavy atom. The Morgan fingerprint density at radius 1 is 1.38 bits per heavy atom. The summed E-state index contributed by atoms with van der Waals surface area (Å²) < 4.78 is 20.8. The molecule has 4 nitrogen and oxygen atoms in total. The van der Waals surface area contributed by atoms with Gasteiger partial charge in [-0.2, -0.15) is 5.10 Å². The number of halogens is 1. The molecule has 0 aliphatic rings. The lowest BCUT2D eigenvalue weighted by atomic mass is 10.2. The van der Waals surface area contributed by atoms with Crippen LogP contribution in [0.25, 0.3) is 0 Å². The van der Waals surface area contributed by atoms with Crippen molar-refractivity contribution in [3.8, 4) is 17.6 Å². The van der Waals surface area contributed by atoms with E-state index in [1.807, 2.05) is 20.0 Å². The smallest absolute Gasteiger partial charge is 0.135 e. The fraction of sp³-hybridized carbons (Fsp3) is 0.312. The molecule has 1 heterocycles. The SMILES string of the molecule is CCc1cc(COc2ccc(F)cc2C#CCN)n(C)n1. The van der Waals surface area contributed by atoms with Crippen LogP contribution in [0.5, 0.6) is 5.75 Å². The lowest BCUT2D eigenvalue weighted by molar-refractivity contribution is 0.293. The van der Waals surface area contributed by atoms with Crippen molar-refractivity contribution in [1.82, 2.24) is 9.78 Å². The summed E-state index contributed by atoms with van der Waals surface area (Å²) in [5.41, 5.74) is 7.81. The summed E-state index contributed by atoms with van der Waals surface area (Å²) in [5.74, 6) is 5.72. The molecule has 0 fully saturated rings. The second-order valence-corrected chi connectivity index (χ2v) is 4.54. The van der Waals surface area contributed by atoms with Crippen molar-refractivity contribution in [1.29, 1.82) is 0 Å². The van der Waals surface area contributed by atoms with E-state index in [9.17, 15) is 4.39 Å². The van der Waals surface area contributed by atoms with Crippen LogP contribution in [0.15, 0.2) is 24.3 Å². The summed E-state index contributed by atoms with van der Waals surface area (Å²) in [6, 6.07) is 6.27. The highest BCUT2D eigenvalue weighted by Gasteiger charge is 2.07. The fourth-order valence-electron chi connectivity index (χ4n) is 1.90. The van der Waals surface area contributed by atoms with E-state index in [0.29, 0.717) is 17.9 Å². The average Bonchev–Trinajstić information content (AvgIpc) is 2.84. The second kappa shape index (κ2) is 6.91. The predicted octanol–water partition coefficient (Wildman–Crippen LogP) is 2.01. The van der Waals surface area contributed by atoms with Gasteiger partial charge >= 0.3 is 0 Å². The van der Waals surface area contributed by atoms with Crippen LogP contribution in [0.4, 0.5) is 4.39 Å². The van der Waals surface area contributed by atoms with Crippen LogP contribution in [0.2, 0.25) is 0 Å². The number of hydrogen-bond acceptors (Lipinski definition) is 3. The molecule has 0 amide bonds. The second-order valence-electron chi connectivity index (χ2n) is 4.54. The third kappa shape index (κ3) is 3.83. The van der Waals surface area contributed by atoms with Crippen LogP contribution in [0, 0.1) is 17.7 Å². The zero-order chi connectivity index (χ0) is 15.2. The molecule has 0 spiro atoms. The van der Waals surface area contributed by atoms with Crippen LogP contribution >= 0.6 is 0 Å². The van der Waals surface area contributed by atoms with E-state index in [1.165, 1.54) is 12.1 Å². The molecule has 1 aromatic heterocycles. The van der Waals surface area contributed by atoms with E-state index in [-0.39, 0.29) is 12.4 Å². The Bertz CT molecular complexity index is 683. The number of aryl methyl sites for hydroxylation is 2. The van der Waals surface area contributed by atoms with Gasteiger partial charge in [0.15, 0.2) is 0 Å². The van der Waals surface area contributed by atoms with Crippen LogP contribution in [0.3, 0.4) is 0 Å². The van der Waals surface area contributed by atoms with Gasteiger partial charge in [-0.05, 0) is 30.7 Å². The van der Waals surface area contributed by atoms with Crippen molar-refractivity contribution < 1.29 is 9.13 Å². The molecule has 0 radical (unpaired) electrons. The number of ether oxygens (including phenoxy) is 1. The van der Waals surface area contributed by atoms with Gasteiger partial charge in [-0.1, -0.05) is 18.8 Å². The highest BCUT2D eigenvalue weighted by atomic mass is 19.1. The molecule has 0 saturated carbocycles.